The first kappa shape index (κ1) is 15.8. The van der Waals surface area contributed by atoms with Gasteiger partial charge in [0.25, 0.3) is 0 Å². The van der Waals surface area contributed by atoms with Crippen LogP contribution in [-0.2, 0) is 17.5 Å². The summed E-state index contributed by atoms with van der Waals surface area (Å²) in [6, 6.07) is 4.35. The number of aliphatic carboxylic acids is 1. The molecule has 1 heterocycles. The molecule has 1 aromatic carbocycles. The fourth-order valence-electron chi connectivity index (χ4n) is 2.88. The smallest absolute Gasteiger partial charge is 0.416 e. The maximum atomic E-state index is 12.5. The standard InChI is InChI=1S/C15H18F3NO2/c1-10-3-2-8-19(13(10)14(20)21)9-11-4-6-12(7-5-11)15(16,17)18/h4-7,10,13H,2-3,8-9H2,1H3,(H,20,21). The molecule has 2 rings (SSSR count). The van der Waals surface area contributed by atoms with E-state index in [0.29, 0.717) is 18.7 Å². The minimum Gasteiger partial charge on any atom is -0.480 e. The second-order valence-corrected chi connectivity index (χ2v) is 5.57. The lowest BCUT2D eigenvalue weighted by Crippen LogP contribution is -2.48. The second kappa shape index (κ2) is 6.05. The molecule has 1 saturated heterocycles. The van der Waals surface area contributed by atoms with E-state index in [2.05, 4.69) is 0 Å². The van der Waals surface area contributed by atoms with E-state index in [1.165, 1.54) is 12.1 Å². The monoisotopic (exact) mass is 301 g/mol. The number of halogens is 3. The lowest BCUT2D eigenvalue weighted by Gasteiger charge is -2.37. The molecule has 6 heteroatoms. The van der Waals surface area contributed by atoms with Crippen LogP contribution in [0, 0.1) is 5.92 Å². The third kappa shape index (κ3) is 3.75. The van der Waals surface area contributed by atoms with Gasteiger partial charge in [-0.3, -0.25) is 9.69 Å². The van der Waals surface area contributed by atoms with Gasteiger partial charge in [0.05, 0.1) is 5.56 Å². The Morgan fingerprint density at radius 1 is 1.33 bits per heavy atom. The highest BCUT2D eigenvalue weighted by Crippen LogP contribution is 2.30. The first-order valence-corrected chi connectivity index (χ1v) is 6.92. The molecule has 3 nitrogen and oxygen atoms in total. The Morgan fingerprint density at radius 3 is 2.48 bits per heavy atom. The minimum atomic E-state index is -4.35. The zero-order chi connectivity index (χ0) is 15.6. The molecule has 0 spiro atoms. The Hall–Kier alpha value is -1.56. The number of hydrogen-bond donors (Lipinski definition) is 1. The van der Waals surface area contributed by atoms with Crippen molar-refractivity contribution in [1.82, 2.24) is 4.90 Å². The van der Waals surface area contributed by atoms with Crippen LogP contribution in [0.5, 0.6) is 0 Å². The van der Waals surface area contributed by atoms with Crippen LogP contribution in [0.15, 0.2) is 24.3 Å². The Labute approximate surface area is 121 Å². The zero-order valence-corrected chi connectivity index (χ0v) is 11.7. The van der Waals surface area contributed by atoms with Crippen molar-refractivity contribution in [3.8, 4) is 0 Å². The van der Waals surface area contributed by atoms with Crippen molar-refractivity contribution in [2.45, 2.75) is 38.5 Å². The van der Waals surface area contributed by atoms with Gasteiger partial charge in [0, 0.05) is 6.54 Å². The van der Waals surface area contributed by atoms with E-state index >= 15 is 0 Å². The molecule has 0 bridgehead atoms. The predicted octanol–water partition coefficient (Wildman–Crippen LogP) is 3.39. The molecule has 2 atom stereocenters. The summed E-state index contributed by atoms with van der Waals surface area (Å²) in [4.78, 5) is 13.2. The van der Waals surface area contributed by atoms with Crippen molar-refractivity contribution < 1.29 is 23.1 Å². The van der Waals surface area contributed by atoms with Crippen molar-refractivity contribution >= 4 is 5.97 Å². The molecule has 0 amide bonds. The summed E-state index contributed by atoms with van der Waals surface area (Å²) in [5.41, 5.74) is 0.0106. The molecule has 0 aliphatic carbocycles. The van der Waals surface area contributed by atoms with E-state index in [0.717, 1.165) is 25.0 Å². The van der Waals surface area contributed by atoms with Crippen molar-refractivity contribution in [1.29, 1.82) is 0 Å². The fraction of sp³-hybridized carbons (Fsp3) is 0.533. The van der Waals surface area contributed by atoms with Crippen LogP contribution < -0.4 is 0 Å². The van der Waals surface area contributed by atoms with Crippen LogP contribution in [0.1, 0.15) is 30.9 Å². The number of alkyl halides is 3. The Balaban J connectivity index is 2.11. The molecule has 1 aliphatic heterocycles. The Morgan fingerprint density at radius 2 is 1.95 bits per heavy atom. The molecular formula is C15H18F3NO2. The van der Waals surface area contributed by atoms with E-state index in [1.807, 2.05) is 11.8 Å². The zero-order valence-electron chi connectivity index (χ0n) is 11.7. The van der Waals surface area contributed by atoms with Gasteiger partial charge in [-0.05, 0) is 43.0 Å². The molecular weight excluding hydrogens is 283 g/mol. The lowest BCUT2D eigenvalue weighted by molar-refractivity contribution is -0.147. The predicted molar refractivity (Wildman–Crippen MR) is 71.7 cm³/mol. The van der Waals surface area contributed by atoms with E-state index < -0.39 is 23.8 Å². The van der Waals surface area contributed by atoms with E-state index in [4.69, 9.17) is 0 Å². The van der Waals surface area contributed by atoms with Crippen LogP contribution in [0.25, 0.3) is 0 Å². The summed E-state index contributed by atoms with van der Waals surface area (Å²) in [7, 11) is 0. The summed E-state index contributed by atoms with van der Waals surface area (Å²) >= 11 is 0. The van der Waals surface area contributed by atoms with Gasteiger partial charge < -0.3 is 5.11 Å². The SMILES string of the molecule is CC1CCCN(Cc2ccc(C(F)(F)F)cc2)C1C(=O)O. The topological polar surface area (TPSA) is 40.5 Å². The first-order valence-electron chi connectivity index (χ1n) is 6.92. The lowest BCUT2D eigenvalue weighted by atomic mass is 9.90. The third-order valence-electron chi connectivity index (χ3n) is 3.96. The van der Waals surface area contributed by atoms with Gasteiger partial charge in [0.1, 0.15) is 6.04 Å². The molecule has 21 heavy (non-hydrogen) atoms. The number of hydrogen-bond acceptors (Lipinski definition) is 2. The number of piperidine rings is 1. The van der Waals surface area contributed by atoms with Crippen LogP contribution in [-0.4, -0.2) is 28.6 Å². The maximum absolute atomic E-state index is 12.5. The average molecular weight is 301 g/mol. The van der Waals surface area contributed by atoms with Gasteiger partial charge in [0.15, 0.2) is 0 Å². The average Bonchev–Trinajstić information content (AvgIpc) is 2.38. The summed E-state index contributed by atoms with van der Waals surface area (Å²) in [6.07, 6.45) is -2.58. The summed E-state index contributed by atoms with van der Waals surface area (Å²) < 4.78 is 37.5. The van der Waals surface area contributed by atoms with Crippen molar-refractivity contribution in [2.24, 2.45) is 5.92 Å². The second-order valence-electron chi connectivity index (χ2n) is 5.57. The maximum Gasteiger partial charge on any atom is 0.416 e. The largest absolute Gasteiger partial charge is 0.480 e. The van der Waals surface area contributed by atoms with Crippen LogP contribution in [0.2, 0.25) is 0 Å². The first-order chi connectivity index (χ1) is 9.79. The van der Waals surface area contributed by atoms with E-state index in [1.54, 1.807) is 0 Å². The number of nitrogens with zero attached hydrogens (tertiary/aromatic N) is 1. The van der Waals surface area contributed by atoms with Crippen LogP contribution in [0.4, 0.5) is 13.2 Å². The fourth-order valence-corrected chi connectivity index (χ4v) is 2.88. The third-order valence-corrected chi connectivity index (χ3v) is 3.96. The number of carbonyl (C=O) groups is 1. The van der Waals surface area contributed by atoms with Gasteiger partial charge in [-0.15, -0.1) is 0 Å². The summed E-state index contributed by atoms with van der Waals surface area (Å²) in [6.45, 7) is 2.92. The number of likely N-dealkylation sites (tertiary alicyclic amines) is 1. The number of rotatable bonds is 3. The van der Waals surface area contributed by atoms with Crippen molar-refractivity contribution in [3.63, 3.8) is 0 Å². The number of benzene rings is 1. The van der Waals surface area contributed by atoms with Gasteiger partial charge in [-0.1, -0.05) is 19.1 Å². The Kier molecular flexibility index (Phi) is 4.56. The summed E-state index contributed by atoms with van der Waals surface area (Å²) in [5, 5.41) is 9.32. The van der Waals surface area contributed by atoms with Gasteiger partial charge in [-0.2, -0.15) is 13.2 Å². The van der Waals surface area contributed by atoms with Crippen LogP contribution in [0.3, 0.4) is 0 Å². The molecule has 1 fully saturated rings. The number of carboxylic acids is 1. The highest BCUT2D eigenvalue weighted by molar-refractivity contribution is 5.74. The number of carboxylic acid groups (broad SMARTS) is 1. The Bertz CT molecular complexity index is 499. The molecule has 1 aliphatic rings. The van der Waals surface area contributed by atoms with Crippen molar-refractivity contribution in [2.75, 3.05) is 6.54 Å². The van der Waals surface area contributed by atoms with E-state index in [9.17, 15) is 23.1 Å². The van der Waals surface area contributed by atoms with Gasteiger partial charge in [-0.25, -0.2) is 0 Å². The molecule has 116 valence electrons. The van der Waals surface area contributed by atoms with Crippen LogP contribution >= 0.6 is 0 Å². The molecule has 0 radical (unpaired) electrons. The molecule has 1 N–H and O–H groups in total. The molecule has 0 saturated carbocycles. The van der Waals surface area contributed by atoms with Gasteiger partial charge in [0.2, 0.25) is 0 Å². The minimum absolute atomic E-state index is 0.0469. The molecule has 0 aromatic heterocycles. The highest BCUT2D eigenvalue weighted by atomic mass is 19.4. The highest BCUT2D eigenvalue weighted by Gasteiger charge is 2.34. The molecule has 1 aromatic rings. The summed E-state index contributed by atoms with van der Waals surface area (Å²) in [5.74, 6) is -0.820. The van der Waals surface area contributed by atoms with E-state index in [-0.39, 0.29) is 5.92 Å². The van der Waals surface area contributed by atoms with Gasteiger partial charge >= 0.3 is 12.1 Å². The normalized spacial score (nSPS) is 24.0. The van der Waals surface area contributed by atoms with Crippen molar-refractivity contribution in [3.05, 3.63) is 35.4 Å². The quantitative estimate of drug-likeness (QED) is 0.930. The molecule has 2 unspecified atom stereocenters.